The largest absolute Gasteiger partial charge is 0.361 e. The zero-order valence-electron chi connectivity index (χ0n) is 16.4. The molecule has 0 unspecified atom stereocenters. The Balaban J connectivity index is 1.50. The lowest BCUT2D eigenvalue weighted by Crippen LogP contribution is -2.51. The topological polar surface area (TPSA) is 116 Å². The zero-order valence-corrected chi connectivity index (χ0v) is 17.2. The summed E-state index contributed by atoms with van der Waals surface area (Å²) in [5.41, 5.74) is 2.25. The Morgan fingerprint density at radius 2 is 1.86 bits per heavy atom. The van der Waals surface area contributed by atoms with Gasteiger partial charge in [0.15, 0.2) is 0 Å². The number of hydrogen-bond donors (Lipinski definition) is 4. The molecule has 152 valence electrons. The molecule has 3 amide bonds. The highest BCUT2D eigenvalue weighted by atomic mass is 32.1. The maximum absolute atomic E-state index is 12.4. The minimum absolute atomic E-state index is 0.275. The molecule has 0 fully saturated rings. The van der Waals surface area contributed by atoms with Crippen LogP contribution in [0.4, 0.5) is 0 Å². The van der Waals surface area contributed by atoms with Crippen LogP contribution >= 0.6 is 11.3 Å². The lowest BCUT2D eigenvalue weighted by atomic mass is 10.1. The summed E-state index contributed by atoms with van der Waals surface area (Å²) in [7, 11) is 0. The predicted molar refractivity (Wildman–Crippen MR) is 112 cm³/mol. The first-order chi connectivity index (χ1) is 13.8. The van der Waals surface area contributed by atoms with E-state index in [-0.39, 0.29) is 11.6 Å². The van der Waals surface area contributed by atoms with Gasteiger partial charge in [-0.2, -0.15) is 0 Å². The molecule has 0 radical (unpaired) electrons. The van der Waals surface area contributed by atoms with Crippen LogP contribution in [-0.4, -0.2) is 39.8 Å². The fraction of sp³-hybridized carbons (Fsp3) is 0.300. The predicted octanol–water partition coefficient (Wildman–Crippen LogP) is 1.87. The molecule has 0 aliphatic rings. The van der Waals surface area contributed by atoms with Crippen molar-refractivity contribution in [3.05, 3.63) is 52.1 Å². The molecular weight excluding hydrogens is 390 g/mol. The molecule has 29 heavy (non-hydrogen) atoms. The SMILES string of the molecule is Cc1nc(C(=O)N[C@@H](C)C(=O)N[C@@H](C)C(=O)NCc2cccc3[nH]ccc23)cs1. The van der Waals surface area contributed by atoms with Gasteiger partial charge in [-0.25, -0.2) is 4.98 Å². The quantitative estimate of drug-likeness (QED) is 0.473. The Kier molecular flexibility index (Phi) is 6.28. The molecule has 0 aliphatic heterocycles. The average molecular weight is 414 g/mol. The molecule has 2 atom stereocenters. The van der Waals surface area contributed by atoms with E-state index in [4.69, 9.17) is 0 Å². The van der Waals surface area contributed by atoms with Crippen molar-refractivity contribution < 1.29 is 14.4 Å². The second kappa shape index (κ2) is 8.87. The standard InChI is InChI=1S/C20H23N5O3S/c1-11(18(26)22-9-14-5-4-6-16-15(14)7-8-21-16)23-19(27)12(2)24-20(28)17-10-29-13(3)25-17/h4-8,10-12,21H,9H2,1-3H3,(H,22,26)(H,23,27)(H,24,28)/t11-,12-/m0/s1. The fourth-order valence-electron chi connectivity index (χ4n) is 2.85. The number of carbonyl (C=O) groups is 3. The number of benzene rings is 1. The number of thiazole rings is 1. The highest BCUT2D eigenvalue weighted by molar-refractivity contribution is 7.09. The minimum atomic E-state index is -0.798. The summed E-state index contributed by atoms with van der Waals surface area (Å²) in [5, 5.41) is 11.5. The molecule has 0 aliphatic carbocycles. The summed E-state index contributed by atoms with van der Waals surface area (Å²) in [6, 6.07) is 6.24. The number of carbonyl (C=O) groups excluding carboxylic acids is 3. The number of hydrogen-bond acceptors (Lipinski definition) is 5. The van der Waals surface area contributed by atoms with Crippen molar-refractivity contribution >= 4 is 40.0 Å². The van der Waals surface area contributed by atoms with Crippen LogP contribution in [0, 0.1) is 6.92 Å². The van der Waals surface area contributed by atoms with Crippen molar-refractivity contribution in [2.45, 2.75) is 39.4 Å². The van der Waals surface area contributed by atoms with Crippen LogP contribution in [0.5, 0.6) is 0 Å². The Morgan fingerprint density at radius 3 is 2.59 bits per heavy atom. The van der Waals surface area contributed by atoms with Crippen molar-refractivity contribution in [2.24, 2.45) is 0 Å². The lowest BCUT2D eigenvalue weighted by Gasteiger charge is -2.18. The molecule has 0 bridgehead atoms. The monoisotopic (exact) mass is 413 g/mol. The molecule has 1 aromatic carbocycles. The summed E-state index contributed by atoms with van der Waals surface area (Å²) in [6.45, 7) is 5.31. The van der Waals surface area contributed by atoms with Crippen LogP contribution in [0.3, 0.4) is 0 Å². The number of nitrogens with one attached hydrogen (secondary N) is 4. The molecule has 3 aromatic rings. The van der Waals surface area contributed by atoms with Crippen LogP contribution < -0.4 is 16.0 Å². The zero-order chi connectivity index (χ0) is 21.0. The third kappa shape index (κ3) is 5.00. The lowest BCUT2D eigenvalue weighted by molar-refractivity contribution is -0.129. The molecule has 0 saturated heterocycles. The van der Waals surface area contributed by atoms with Crippen LogP contribution in [0.1, 0.15) is 34.9 Å². The van der Waals surface area contributed by atoms with Crippen LogP contribution in [0.15, 0.2) is 35.8 Å². The van der Waals surface area contributed by atoms with Gasteiger partial charge in [0.25, 0.3) is 5.91 Å². The third-order valence-electron chi connectivity index (χ3n) is 4.48. The number of rotatable bonds is 7. The van der Waals surface area contributed by atoms with Gasteiger partial charge < -0.3 is 20.9 Å². The van der Waals surface area contributed by atoms with Gasteiger partial charge >= 0.3 is 0 Å². The van der Waals surface area contributed by atoms with E-state index in [2.05, 4.69) is 25.9 Å². The fourth-order valence-corrected chi connectivity index (χ4v) is 3.44. The van der Waals surface area contributed by atoms with Crippen LogP contribution in [0.25, 0.3) is 10.9 Å². The summed E-state index contributed by atoms with van der Waals surface area (Å²) in [4.78, 5) is 44.0. The normalized spacial score (nSPS) is 12.9. The summed E-state index contributed by atoms with van der Waals surface area (Å²) >= 11 is 1.36. The van der Waals surface area contributed by atoms with E-state index in [0.29, 0.717) is 6.54 Å². The van der Waals surface area contributed by atoms with Crippen molar-refractivity contribution in [3.63, 3.8) is 0 Å². The van der Waals surface area contributed by atoms with Gasteiger partial charge in [-0.05, 0) is 38.5 Å². The van der Waals surface area contributed by atoms with Crippen LogP contribution in [0.2, 0.25) is 0 Å². The summed E-state index contributed by atoms with van der Waals surface area (Å²) in [6.07, 6.45) is 1.85. The highest BCUT2D eigenvalue weighted by Gasteiger charge is 2.22. The summed E-state index contributed by atoms with van der Waals surface area (Å²) in [5.74, 6) is -1.17. The van der Waals surface area contributed by atoms with Crippen LogP contribution in [-0.2, 0) is 16.1 Å². The Morgan fingerprint density at radius 1 is 1.10 bits per heavy atom. The Bertz CT molecular complexity index is 1040. The number of aromatic amines is 1. The second-order valence-electron chi connectivity index (χ2n) is 6.75. The van der Waals surface area contributed by atoms with Crippen molar-refractivity contribution in [1.29, 1.82) is 0 Å². The Labute approximate surface area is 172 Å². The number of nitrogens with zero attached hydrogens (tertiary/aromatic N) is 1. The molecule has 2 aromatic heterocycles. The number of aromatic nitrogens is 2. The van der Waals surface area contributed by atoms with Gasteiger partial charge in [0.2, 0.25) is 11.8 Å². The molecule has 4 N–H and O–H groups in total. The molecule has 3 rings (SSSR count). The van der Waals surface area contributed by atoms with E-state index in [9.17, 15) is 14.4 Å². The Hall–Kier alpha value is -3.20. The third-order valence-corrected chi connectivity index (χ3v) is 5.26. The van der Waals surface area contributed by atoms with E-state index < -0.39 is 23.9 Å². The van der Waals surface area contributed by atoms with Crippen molar-refractivity contribution in [2.75, 3.05) is 0 Å². The molecular formula is C20H23N5O3S. The number of aryl methyl sites for hydroxylation is 1. The first-order valence-electron chi connectivity index (χ1n) is 9.21. The molecule has 8 nitrogen and oxygen atoms in total. The summed E-state index contributed by atoms with van der Waals surface area (Å²) < 4.78 is 0. The van der Waals surface area contributed by atoms with Gasteiger partial charge in [0.1, 0.15) is 17.8 Å². The minimum Gasteiger partial charge on any atom is -0.361 e. The van der Waals surface area contributed by atoms with E-state index in [1.54, 1.807) is 26.2 Å². The van der Waals surface area contributed by atoms with Crippen molar-refractivity contribution in [3.8, 4) is 0 Å². The maximum Gasteiger partial charge on any atom is 0.271 e. The first kappa shape index (κ1) is 20.5. The van der Waals surface area contributed by atoms with Crippen molar-refractivity contribution in [1.82, 2.24) is 25.9 Å². The van der Waals surface area contributed by atoms with E-state index in [0.717, 1.165) is 21.5 Å². The maximum atomic E-state index is 12.4. The van der Waals surface area contributed by atoms with E-state index in [1.165, 1.54) is 11.3 Å². The number of amides is 3. The molecule has 0 saturated carbocycles. The average Bonchev–Trinajstić information content (AvgIpc) is 3.34. The van der Waals surface area contributed by atoms with Gasteiger partial charge in [-0.1, -0.05) is 12.1 Å². The molecule has 2 heterocycles. The number of fused-ring (bicyclic) bond motifs is 1. The molecule has 0 spiro atoms. The number of H-pyrrole nitrogens is 1. The second-order valence-corrected chi connectivity index (χ2v) is 7.81. The highest BCUT2D eigenvalue weighted by Crippen LogP contribution is 2.17. The van der Waals surface area contributed by atoms with E-state index >= 15 is 0 Å². The van der Waals surface area contributed by atoms with Gasteiger partial charge in [0, 0.05) is 29.0 Å². The van der Waals surface area contributed by atoms with Gasteiger partial charge in [-0.15, -0.1) is 11.3 Å². The van der Waals surface area contributed by atoms with Gasteiger partial charge in [0.05, 0.1) is 5.01 Å². The first-order valence-corrected chi connectivity index (χ1v) is 10.1. The molecule has 9 heteroatoms. The smallest absolute Gasteiger partial charge is 0.271 e. The van der Waals surface area contributed by atoms with E-state index in [1.807, 2.05) is 30.5 Å². The van der Waals surface area contributed by atoms with Gasteiger partial charge in [-0.3, -0.25) is 14.4 Å².